The molecule has 0 aliphatic carbocycles. The molecule has 1 aliphatic rings. The van der Waals surface area contributed by atoms with Crippen molar-refractivity contribution in [2.45, 2.75) is 19.5 Å². The van der Waals surface area contributed by atoms with Gasteiger partial charge in [0.25, 0.3) is 0 Å². The van der Waals surface area contributed by atoms with Crippen LogP contribution in [0.2, 0.25) is 15.1 Å². The van der Waals surface area contributed by atoms with Crippen LogP contribution < -0.4 is 5.53 Å². The van der Waals surface area contributed by atoms with E-state index in [9.17, 15) is 0 Å². The largest absolute Gasteiger partial charge is 0.253 e. The van der Waals surface area contributed by atoms with E-state index in [1.807, 2.05) is 54.6 Å². The third kappa shape index (κ3) is 6.20. The molecular formula is C33H27Cl3N6. The fourth-order valence-electron chi connectivity index (χ4n) is 5.67. The summed E-state index contributed by atoms with van der Waals surface area (Å²) in [6, 6.07) is 30.0. The van der Waals surface area contributed by atoms with Crippen LogP contribution in [0.4, 0.5) is 0 Å². The summed E-state index contributed by atoms with van der Waals surface area (Å²) in [6.45, 7) is 2.94. The van der Waals surface area contributed by atoms with Crippen LogP contribution in [0, 0.1) is 5.92 Å². The van der Waals surface area contributed by atoms with Gasteiger partial charge in [0, 0.05) is 50.0 Å². The second-order valence-corrected chi connectivity index (χ2v) is 12.2. The lowest BCUT2D eigenvalue weighted by Gasteiger charge is -2.40. The standard InChI is InChI=1S/C33H27Cl3N6/c34-25-7-1-22-4-10-28(37-31(22)14-25)13-21-17-41(19-29-11-5-23-2-8-26(35)15-32(23)38-29)40-42(18-21)20-30-12-6-24-3-9-27(36)16-33(24)39-30/h1-12,14-16,21,40H,13,17-20H2. The molecule has 4 heterocycles. The van der Waals surface area contributed by atoms with Crippen LogP contribution in [0.5, 0.6) is 0 Å². The van der Waals surface area contributed by atoms with E-state index in [1.54, 1.807) is 0 Å². The van der Waals surface area contributed by atoms with Crippen molar-refractivity contribution >= 4 is 67.5 Å². The summed E-state index contributed by atoms with van der Waals surface area (Å²) in [4.78, 5) is 14.7. The molecule has 1 saturated heterocycles. The molecule has 6 nitrogen and oxygen atoms in total. The fourth-order valence-corrected chi connectivity index (χ4v) is 6.16. The lowest BCUT2D eigenvalue weighted by Crippen LogP contribution is -2.58. The summed E-state index contributed by atoms with van der Waals surface area (Å²) in [6.07, 6.45) is 0.832. The minimum Gasteiger partial charge on any atom is -0.253 e. The molecule has 3 aromatic heterocycles. The molecule has 0 bridgehead atoms. The highest BCUT2D eigenvalue weighted by Crippen LogP contribution is 2.24. The number of hydrogen-bond acceptors (Lipinski definition) is 6. The van der Waals surface area contributed by atoms with Gasteiger partial charge in [-0.1, -0.05) is 71.2 Å². The number of halogens is 3. The quantitative estimate of drug-likeness (QED) is 0.206. The van der Waals surface area contributed by atoms with Gasteiger partial charge in [-0.05, 0) is 66.9 Å². The van der Waals surface area contributed by atoms with Crippen LogP contribution in [0.25, 0.3) is 32.7 Å². The van der Waals surface area contributed by atoms with Gasteiger partial charge >= 0.3 is 0 Å². The van der Waals surface area contributed by atoms with Crippen LogP contribution in [-0.4, -0.2) is 38.1 Å². The van der Waals surface area contributed by atoms with E-state index < -0.39 is 0 Å². The second-order valence-electron chi connectivity index (χ2n) is 10.9. The molecule has 3 aromatic carbocycles. The van der Waals surface area contributed by atoms with Crippen LogP contribution in [-0.2, 0) is 19.5 Å². The number of benzene rings is 3. The third-order valence-electron chi connectivity index (χ3n) is 7.58. The first-order valence-electron chi connectivity index (χ1n) is 13.9. The molecule has 6 aromatic rings. The number of hydrogen-bond donors (Lipinski definition) is 1. The van der Waals surface area contributed by atoms with E-state index in [4.69, 9.17) is 49.8 Å². The van der Waals surface area contributed by atoms with Crippen molar-refractivity contribution < 1.29 is 0 Å². The van der Waals surface area contributed by atoms with Gasteiger partial charge in [-0.25, -0.2) is 10.0 Å². The smallest absolute Gasteiger partial charge is 0.0720 e. The van der Waals surface area contributed by atoms with Gasteiger partial charge in [-0.15, -0.1) is 0 Å². The first kappa shape index (κ1) is 27.5. The Morgan fingerprint density at radius 1 is 0.548 bits per heavy atom. The first-order valence-corrected chi connectivity index (χ1v) is 15.0. The average Bonchev–Trinajstić information content (AvgIpc) is 2.96. The highest BCUT2D eigenvalue weighted by molar-refractivity contribution is 6.31. The van der Waals surface area contributed by atoms with E-state index in [-0.39, 0.29) is 0 Å². The number of nitrogens with zero attached hydrogens (tertiary/aromatic N) is 5. The Balaban J connectivity index is 1.15. The predicted octanol–water partition coefficient (Wildman–Crippen LogP) is 7.89. The van der Waals surface area contributed by atoms with Crippen molar-refractivity contribution in [1.29, 1.82) is 0 Å². The SMILES string of the molecule is Clc1ccc2ccc(CC3CN(Cc4ccc5ccc(Cl)cc5n4)NN(Cc4ccc5ccc(Cl)cc5n4)C3)nc2c1. The minimum atomic E-state index is 0.320. The Labute approximate surface area is 258 Å². The topological polar surface area (TPSA) is 57.2 Å². The number of hydrazine groups is 2. The van der Waals surface area contributed by atoms with E-state index >= 15 is 0 Å². The maximum Gasteiger partial charge on any atom is 0.0720 e. The summed E-state index contributed by atoms with van der Waals surface area (Å²) in [7, 11) is 0. The maximum absolute atomic E-state index is 6.26. The summed E-state index contributed by atoms with van der Waals surface area (Å²) >= 11 is 18.8. The number of aromatic nitrogens is 3. The third-order valence-corrected chi connectivity index (χ3v) is 8.28. The van der Waals surface area contributed by atoms with Gasteiger partial charge in [-0.3, -0.25) is 15.0 Å². The Morgan fingerprint density at radius 3 is 1.38 bits per heavy atom. The molecule has 1 aliphatic heterocycles. The first-order chi connectivity index (χ1) is 20.4. The van der Waals surface area contributed by atoms with Crippen molar-refractivity contribution in [2.24, 2.45) is 5.92 Å². The van der Waals surface area contributed by atoms with Crippen LogP contribution >= 0.6 is 34.8 Å². The molecule has 0 spiro atoms. The number of fused-ring (bicyclic) bond motifs is 3. The molecular weight excluding hydrogens is 587 g/mol. The van der Waals surface area contributed by atoms with Crippen molar-refractivity contribution in [3.8, 4) is 0 Å². The number of nitrogens with one attached hydrogen (secondary N) is 1. The summed E-state index contributed by atoms with van der Waals surface area (Å²) < 4.78 is 0. The normalized spacial score (nSPS) is 15.2. The zero-order valence-corrected chi connectivity index (χ0v) is 24.9. The van der Waals surface area contributed by atoms with Crippen molar-refractivity contribution in [3.05, 3.63) is 123 Å². The Bertz CT molecular complexity index is 1700. The molecule has 7 rings (SSSR count). The van der Waals surface area contributed by atoms with E-state index in [0.29, 0.717) is 34.1 Å². The molecule has 9 heteroatoms. The molecule has 0 atom stereocenters. The molecule has 210 valence electrons. The van der Waals surface area contributed by atoms with Gasteiger partial charge in [-0.2, -0.15) is 5.53 Å². The van der Waals surface area contributed by atoms with Gasteiger partial charge in [0.2, 0.25) is 0 Å². The molecule has 1 N–H and O–H groups in total. The lowest BCUT2D eigenvalue weighted by molar-refractivity contribution is -0.0552. The zero-order chi connectivity index (χ0) is 28.6. The van der Waals surface area contributed by atoms with E-state index in [2.05, 4.69) is 52.0 Å². The van der Waals surface area contributed by atoms with Crippen LogP contribution in [0.3, 0.4) is 0 Å². The number of pyridine rings is 3. The zero-order valence-electron chi connectivity index (χ0n) is 22.6. The van der Waals surface area contributed by atoms with Crippen molar-refractivity contribution in [3.63, 3.8) is 0 Å². The van der Waals surface area contributed by atoms with Gasteiger partial charge < -0.3 is 0 Å². The highest BCUT2D eigenvalue weighted by Gasteiger charge is 2.27. The summed E-state index contributed by atoms with van der Waals surface area (Å²) in [5, 5.41) is 9.73. The highest BCUT2D eigenvalue weighted by atomic mass is 35.5. The molecule has 0 radical (unpaired) electrons. The average molecular weight is 614 g/mol. The molecule has 1 fully saturated rings. The maximum atomic E-state index is 6.26. The van der Waals surface area contributed by atoms with Crippen LogP contribution in [0.1, 0.15) is 17.1 Å². The fraction of sp³-hybridized carbons (Fsp3) is 0.182. The van der Waals surface area contributed by atoms with Gasteiger partial charge in [0.1, 0.15) is 0 Å². The van der Waals surface area contributed by atoms with Crippen molar-refractivity contribution in [2.75, 3.05) is 13.1 Å². The second kappa shape index (κ2) is 11.7. The van der Waals surface area contributed by atoms with Gasteiger partial charge in [0.15, 0.2) is 0 Å². The van der Waals surface area contributed by atoms with E-state index in [1.165, 1.54) is 0 Å². The number of rotatable bonds is 6. The lowest BCUT2D eigenvalue weighted by atomic mass is 10.0. The molecule has 42 heavy (non-hydrogen) atoms. The monoisotopic (exact) mass is 612 g/mol. The summed E-state index contributed by atoms with van der Waals surface area (Å²) in [5.74, 6) is 0.320. The van der Waals surface area contributed by atoms with E-state index in [0.717, 1.165) is 69.3 Å². The predicted molar refractivity (Wildman–Crippen MR) is 171 cm³/mol. The molecule has 0 unspecified atom stereocenters. The molecule has 0 saturated carbocycles. The Kier molecular flexibility index (Phi) is 7.67. The molecule has 0 amide bonds. The van der Waals surface area contributed by atoms with Crippen LogP contribution in [0.15, 0.2) is 91.0 Å². The van der Waals surface area contributed by atoms with Gasteiger partial charge in [0.05, 0.1) is 41.0 Å². The Morgan fingerprint density at radius 2 is 0.929 bits per heavy atom. The van der Waals surface area contributed by atoms with Crippen molar-refractivity contribution in [1.82, 2.24) is 30.5 Å². The summed E-state index contributed by atoms with van der Waals surface area (Å²) in [5.41, 5.74) is 9.30. The Hall–Kier alpha value is -3.36. The minimum absolute atomic E-state index is 0.320.